The van der Waals surface area contributed by atoms with Crippen LogP contribution >= 0.6 is 0 Å². The highest BCUT2D eigenvalue weighted by Gasteiger charge is 2.46. The Balaban J connectivity index is 1.97. The molecule has 2 atom stereocenters. The quantitative estimate of drug-likeness (QED) is 0.788. The summed E-state index contributed by atoms with van der Waals surface area (Å²) in [5, 5.41) is 12.4. The molecule has 2 rings (SSSR count). The monoisotopic (exact) mass is 291 g/mol. The highest BCUT2D eigenvalue weighted by atomic mass is 16.5. The molecule has 0 spiro atoms. The normalized spacial score (nSPS) is 24.0. The molecule has 1 aromatic carbocycles. The minimum atomic E-state index is -0.256. The Hall–Kier alpha value is -1.39. The Morgan fingerprint density at radius 1 is 1.38 bits per heavy atom. The number of carbonyl (C=O) groups is 1. The largest absolute Gasteiger partial charge is 0.461 e. The van der Waals surface area contributed by atoms with Gasteiger partial charge in [0.15, 0.2) is 0 Å². The van der Waals surface area contributed by atoms with E-state index in [1.807, 2.05) is 44.2 Å². The zero-order chi connectivity index (χ0) is 15.3. The second kappa shape index (κ2) is 7.05. The maximum atomic E-state index is 12.5. The van der Waals surface area contributed by atoms with Gasteiger partial charge in [0.1, 0.15) is 6.61 Å². The smallest absolute Gasteiger partial charge is 0.311 e. The molecule has 1 heterocycles. The van der Waals surface area contributed by atoms with Crippen LogP contribution in [-0.4, -0.2) is 29.8 Å². The van der Waals surface area contributed by atoms with E-state index >= 15 is 0 Å². The zero-order valence-corrected chi connectivity index (χ0v) is 12.8. The average Bonchev–Trinajstić information content (AvgIpc) is 2.78. The predicted octanol–water partition coefficient (Wildman–Crippen LogP) is 2.12. The van der Waals surface area contributed by atoms with E-state index in [1.165, 1.54) is 0 Å². The molecule has 0 saturated carbocycles. The molecule has 1 aliphatic heterocycles. The van der Waals surface area contributed by atoms with Gasteiger partial charge in [0.2, 0.25) is 0 Å². The van der Waals surface area contributed by atoms with Crippen LogP contribution in [0.3, 0.4) is 0 Å². The number of hydrogen-bond donors (Lipinski definition) is 2. The predicted molar refractivity (Wildman–Crippen MR) is 81.6 cm³/mol. The van der Waals surface area contributed by atoms with Gasteiger partial charge in [-0.1, -0.05) is 30.3 Å². The molecular formula is C17H25NO3. The second-order valence-electron chi connectivity index (χ2n) is 6.30. The number of aliphatic hydroxyl groups excluding tert-OH is 1. The van der Waals surface area contributed by atoms with Gasteiger partial charge in [0.05, 0.1) is 5.92 Å². The number of benzene rings is 1. The van der Waals surface area contributed by atoms with E-state index in [9.17, 15) is 4.79 Å². The summed E-state index contributed by atoms with van der Waals surface area (Å²) in [6.07, 6.45) is 1.57. The van der Waals surface area contributed by atoms with E-state index in [1.54, 1.807) is 0 Å². The van der Waals surface area contributed by atoms with Crippen LogP contribution in [0.15, 0.2) is 30.3 Å². The van der Waals surface area contributed by atoms with E-state index in [2.05, 4.69) is 5.32 Å². The van der Waals surface area contributed by atoms with Crippen LogP contribution in [0.2, 0.25) is 0 Å². The molecule has 1 fully saturated rings. The van der Waals surface area contributed by atoms with E-state index in [0.29, 0.717) is 6.61 Å². The minimum absolute atomic E-state index is 0.142. The lowest BCUT2D eigenvalue weighted by atomic mass is 9.80. The van der Waals surface area contributed by atoms with E-state index in [-0.39, 0.29) is 30.0 Å². The Morgan fingerprint density at radius 2 is 2.10 bits per heavy atom. The van der Waals surface area contributed by atoms with Gasteiger partial charge in [-0.15, -0.1) is 0 Å². The first-order chi connectivity index (χ1) is 10.0. The number of rotatable bonds is 6. The first-order valence-electron chi connectivity index (χ1n) is 7.61. The lowest BCUT2D eigenvalue weighted by molar-refractivity contribution is -0.153. The third kappa shape index (κ3) is 4.05. The average molecular weight is 291 g/mol. The van der Waals surface area contributed by atoms with Crippen molar-refractivity contribution in [3.8, 4) is 0 Å². The molecular weight excluding hydrogens is 266 g/mol. The fraction of sp³-hybridized carbons (Fsp3) is 0.588. The first kappa shape index (κ1) is 16.0. The molecule has 1 aromatic rings. The summed E-state index contributed by atoms with van der Waals surface area (Å²) in [4.78, 5) is 12.5. The molecule has 0 aromatic heterocycles. The third-order valence-electron chi connectivity index (χ3n) is 4.28. The summed E-state index contributed by atoms with van der Waals surface area (Å²) >= 11 is 0. The first-order valence-corrected chi connectivity index (χ1v) is 7.61. The van der Waals surface area contributed by atoms with Crippen LogP contribution in [0.5, 0.6) is 0 Å². The van der Waals surface area contributed by atoms with E-state index < -0.39 is 0 Å². The van der Waals surface area contributed by atoms with Gasteiger partial charge >= 0.3 is 5.97 Å². The highest BCUT2D eigenvalue weighted by Crippen LogP contribution is 2.35. The Kier molecular flexibility index (Phi) is 5.37. The van der Waals surface area contributed by atoms with Crippen molar-refractivity contribution in [3.05, 3.63) is 35.9 Å². The zero-order valence-electron chi connectivity index (χ0n) is 12.8. The van der Waals surface area contributed by atoms with Crippen LogP contribution in [0.25, 0.3) is 0 Å². The maximum absolute atomic E-state index is 12.5. The molecule has 1 saturated heterocycles. The number of ether oxygens (including phenoxy) is 1. The molecule has 1 aliphatic rings. The fourth-order valence-electron chi connectivity index (χ4n) is 3.14. The number of carbonyl (C=O) groups excluding carboxylic acids is 1. The van der Waals surface area contributed by atoms with Gasteiger partial charge in [-0.25, -0.2) is 0 Å². The number of nitrogens with one attached hydrogen (secondary N) is 1. The van der Waals surface area contributed by atoms with Gasteiger partial charge < -0.3 is 15.2 Å². The maximum Gasteiger partial charge on any atom is 0.311 e. The highest BCUT2D eigenvalue weighted by molar-refractivity contribution is 5.75. The minimum Gasteiger partial charge on any atom is -0.461 e. The molecule has 116 valence electrons. The molecule has 4 nitrogen and oxygen atoms in total. The molecule has 21 heavy (non-hydrogen) atoms. The van der Waals surface area contributed by atoms with Crippen molar-refractivity contribution in [1.29, 1.82) is 0 Å². The molecule has 0 radical (unpaired) electrons. The van der Waals surface area contributed by atoms with Crippen molar-refractivity contribution in [2.24, 2.45) is 11.8 Å². The summed E-state index contributed by atoms with van der Waals surface area (Å²) < 4.78 is 5.52. The second-order valence-corrected chi connectivity index (χ2v) is 6.30. The Labute approximate surface area is 126 Å². The topological polar surface area (TPSA) is 58.6 Å². The molecule has 1 unspecified atom stereocenters. The van der Waals surface area contributed by atoms with Crippen LogP contribution in [0.4, 0.5) is 0 Å². The number of hydrogen-bond acceptors (Lipinski definition) is 4. The molecule has 0 aliphatic carbocycles. The van der Waals surface area contributed by atoms with Crippen LogP contribution in [0.1, 0.15) is 32.3 Å². The lowest BCUT2D eigenvalue weighted by Gasteiger charge is -2.28. The molecule has 0 bridgehead atoms. The third-order valence-corrected chi connectivity index (χ3v) is 4.28. The van der Waals surface area contributed by atoms with Crippen molar-refractivity contribution in [2.45, 2.75) is 38.8 Å². The standard InChI is InChI=1S/C17H25NO3/c1-17(2)15(14(11-18-17)9-6-10-19)16(20)21-12-13-7-4-3-5-8-13/h3-5,7-8,14-15,18-19H,6,9-12H2,1-2H3/t14?,15-/m1/s1. The van der Waals surface area contributed by atoms with E-state index in [0.717, 1.165) is 24.9 Å². The summed E-state index contributed by atoms with van der Waals surface area (Å²) in [6, 6.07) is 9.73. The van der Waals surface area contributed by atoms with Gasteiger partial charge in [-0.05, 0) is 44.7 Å². The van der Waals surface area contributed by atoms with Crippen molar-refractivity contribution >= 4 is 5.97 Å². The van der Waals surface area contributed by atoms with Gasteiger partial charge in [0.25, 0.3) is 0 Å². The van der Waals surface area contributed by atoms with Crippen molar-refractivity contribution in [3.63, 3.8) is 0 Å². The number of esters is 1. The fourth-order valence-corrected chi connectivity index (χ4v) is 3.14. The summed E-state index contributed by atoms with van der Waals surface area (Å²) in [6.45, 7) is 5.38. The molecule has 0 amide bonds. The molecule has 4 heteroatoms. The Morgan fingerprint density at radius 3 is 2.76 bits per heavy atom. The van der Waals surface area contributed by atoms with Crippen LogP contribution in [-0.2, 0) is 16.1 Å². The lowest BCUT2D eigenvalue weighted by Crippen LogP contribution is -2.43. The van der Waals surface area contributed by atoms with Gasteiger partial charge in [0, 0.05) is 12.1 Å². The Bertz CT molecular complexity index is 458. The van der Waals surface area contributed by atoms with Gasteiger partial charge in [-0.3, -0.25) is 4.79 Å². The summed E-state index contributed by atoms with van der Waals surface area (Å²) in [5.74, 6) is -0.0695. The van der Waals surface area contributed by atoms with Crippen molar-refractivity contribution in [2.75, 3.05) is 13.2 Å². The number of aliphatic hydroxyl groups is 1. The SMILES string of the molecule is CC1(C)NCC(CCCO)[C@@H]1C(=O)OCc1ccccc1. The van der Waals surface area contributed by atoms with Crippen LogP contribution in [0, 0.1) is 11.8 Å². The van der Waals surface area contributed by atoms with Gasteiger partial charge in [-0.2, -0.15) is 0 Å². The van der Waals surface area contributed by atoms with Crippen LogP contribution < -0.4 is 5.32 Å². The summed E-state index contributed by atoms with van der Waals surface area (Å²) in [5.41, 5.74) is 0.745. The van der Waals surface area contributed by atoms with Crippen molar-refractivity contribution in [1.82, 2.24) is 5.32 Å². The van der Waals surface area contributed by atoms with Crippen molar-refractivity contribution < 1.29 is 14.6 Å². The molecule has 2 N–H and O–H groups in total. The summed E-state index contributed by atoms with van der Waals surface area (Å²) in [7, 11) is 0. The van der Waals surface area contributed by atoms with E-state index in [4.69, 9.17) is 9.84 Å².